The summed E-state index contributed by atoms with van der Waals surface area (Å²) < 4.78 is 24.0. The first-order valence-corrected chi connectivity index (χ1v) is 11.6. The van der Waals surface area contributed by atoms with Gasteiger partial charge in [0.05, 0.1) is 25.6 Å². The number of rotatable bonds is 7. The number of benzene rings is 2. The Morgan fingerprint density at radius 3 is 2.62 bits per heavy atom. The second kappa shape index (κ2) is 9.13. The van der Waals surface area contributed by atoms with Gasteiger partial charge in [0.2, 0.25) is 10.7 Å². The Morgan fingerprint density at radius 1 is 1.12 bits per heavy atom. The van der Waals surface area contributed by atoms with Crippen LogP contribution in [0.4, 0.5) is 10.3 Å². The van der Waals surface area contributed by atoms with E-state index in [2.05, 4.69) is 33.4 Å². The van der Waals surface area contributed by atoms with Crippen LogP contribution in [-0.4, -0.2) is 51.6 Å². The lowest BCUT2D eigenvalue weighted by molar-refractivity contribution is 0.121. The van der Waals surface area contributed by atoms with Gasteiger partial charge in [0.15, 0.2) is 0 Å². The number of halogens is 1. The summed E-state index contributed by atoms with van der Waals surface area (Å²) in [6, 6.07) is 15.6. The van der Waals surface area contributed by atoms with Crippen molar-refractivity contribution >= 4 is 18.2 Å². The molecule has 0 N–H and O–H groups in total. The van der Waals surface area contributed by atoms with E-state index >= 15 is 0 Å². The molecule has 0 bridgehead atoms. The molecular formula is C24H28FN5OS. The molecule has 1 aliphatic heterocycles. The number of nitrogens with zero attached hydrogens (tertiary/aromatic N) is 5. The molecule has 5 rings (SSSR count). The Balaban J connectivity index is 1.50. The molecule has 2 fully saturated rings. The monoisotopic (exact) mass is 453 g/mol. The maximum Gasteiger partial charge on any atom is 0.230 e. The van der Waals surface area contributed by atoms with E-state index in [-0.39, 0.29) is 5.82 Å². The molecule has 0 amide bonds. The van der Waals surface area contributed by atoms with Gasteiger partial charge < -0.3 is 9.64 Å². The summed E-state index contributed by atoms with van der Waals surface area (Å²) in [5.41, 5.74) is 3.17. The molecule has 2 heterocycles. The first kappa shape index (κ1) is 21.3. The van der Waals surface area contributed by atoms with Gasteiger partial charge in [0.25, 0.3) is 0 Å². The Bertz CT molecular complexity index is 1150. The number of aromatic nitrogens is 3. The minimum Gasteiger partial charge on any atom is -0.378 e. The van der Waals surface area contributed by atoms with Crippen molar-refractivity contribution in [2.45, 2.75) is 39.0 Å². The van der Waals surface area contributed by atoms with Gasteiger partial charge >= 0.3 is 0 Å². The fourth-order valence-electron chi connectivity index (χ4n) is 4.26. The quantitative estimate of drug-likeness (QED) is 0.499. The smallest absolute Gasteiger partial charge is 0.230 e. The fourth-order valence-corrected chi connectivity index (χ4v) is 4.54. The second-order valence-corrected chi connectivity index (χ2v) is 8.92. The molecule has 3 aromatic rings. The highest BCUT2D eigenvalue weighted by Crippen LogP contribution is 2.30. The van der Waals surface area contributed by atoms with Crippen LogP contribution in [0.15, 0.2) is 48.5 Å². The van der Waals surface area contributed by atoms with E-state index in [0.717, 1.165) is 48.7 Å². The number of morpholine rings is 1. The molecule has 8 heteroatoms. The molecule has 168 valence electrons. The molecule has 1 saturated carbocycles. The van der Waals surface area contributed by atoms with Crippen LogP contribution in [0.2, 0.25) is 0 Å². The molecule has 1 aromatic heterocycles. The van der Waals surface area contributed by atoms with E-state index in [1.165, 1.54) is 6.07 Å². The van der Waals surface area contributed by atoms with Crippen LogP contribution < -0.4 is 4.90 Å². The van der Waals surface area contributed by atoms with Crippen molar-refractivity contribution in [2.75, 3.05) is 31.2 Å². The second-order valence-electron chi connectivity index (χ2n) is 8.55. The number of anilines is 1. The first-order chi connectivity index (χ1) is 15.6. The lowest BCUT2D eigenvalue weighted by atomic mass is 10.2. The summed E-state index contributed by atoms with van der Waals surface area (Å²) >= 11 is 5.95. The number of ether oxygens (including phenoxy) is 1. The zero-order valence-electron chi connectivity index (χ0n) is 18.3. The summed E-state index contributed by atoms with van der Waals surface area (Å²) in [4.78, 5) is 4.60. The zero-order valence-corrected chi connectivity index (χ0v) is 19.1. The molecule has 0 unspecified atom stereocenters. The van der Waals surface area contributed by atoms with Crippen molar-refractivity contribution in [3.63, 3.8) is 0 Å². The van der Waals surface area contributed by atoms with Gasteiger partial charge in [-0.15, -0.1) is 5.10 Å². The lowest BCUT2D eigenvalue weighted by Gasteiger charge is -2.28. The minimum atomic E-state index is -0.201. The van der Waals surface area contributed by atoms with E-state index in [4.69, 9.17) is 22.1 Å². The van der Waals surface area contributed by atoms with Gasteiger partial charge in [-0.3, -0.25) is 9.47 Å². The van der Waals surface area contributed by atoms with Crippen LogP contribution in [0.25, 0.3) is 5.69 Å². The van der Waals surface area contributed by atoms with Crippen LogP contribution in [0, 0.1) is 17.5 Å². The molecule has 6 nitrogen and oxygen atoms in total. The third-order valence-electron chi connectivity index (χ3n) is 6.13. The van der Waals surface area contributed by atoms with E-state index in [0.29, 0.717) is 37.2 Å². The van der Waals surface area contributed by atoms with Crippen LogP contribution in [-0.2, 0) is 18.0 Å². The van der Waals surface area contributed by atoms with Gasteiger partial charge in [-0.25, -0.2) is 9.07 Å². The minimum absolute atomic E-state index is 0.201. The summed E-state index contributed by atoms with van der Waals surface area (Å²) in [6.45, 7) is 6.28. The van der Waals surface area contributed by atoms with Crippen LogP contribution in [0.3, 0.4) is 0 Å². The SMILES string of the molecule is Cc1ccccc1-n1c(N2CCOCC2)nn(CN(Cc2cccc(F)c2)C2CC2)c1=S. The third kappa shape index (κ3) is 4.48. The first-order valence-electron chi connectivity index (χ1n) is 11.2. The predicted molar refractivity (Wildman–Crippen MR) is 125 cm³/mol. The highest BCUT2D eigenvalue weighted by Gasteiger charge is 2.30. The topological polar surface area (TPSA) is 38.5 Å². The van der Waals surface area contributed by atoms with E-state index < -0.39 is 0 Å². The fraction of sp³-hybridized carbons (Fsp3) is 0.417. The normalized spacial score (nSPS) is 16.7. The molecular weight excluding hydrogens is 425 g/mol. The van der Waals surface area contributed by atoms with Crippen LogP contribution in [0.5, 0.6) is 0 Å². The van der Waals surface area contributed by atoms with Crippen molar-refractivity contribution in [2.24, 2.45) is 0 Å². The Hall–Kier alpha value is -2.55. The molecule has 0 spiro atoms. The number of para-hydroxylation sites is 1. The zero-order chi connectivity index (χ0) is 22.1. The molecule has 0 radical (unpaired) electrons. The van der Waals surface area contributed by atoms with Crippen molar-refractivity contribution in [3.05, 3.63) is 70.2 Å². The standard InChI is InChI=1S/C24H28FN5OS/c1-18-5-2-3-8-22(18)30-23(27-11-13-31-14-12-27)26-29(24(30)32)17-28(21-9-10-21)16-19-6-4-7-20(25)15-19/h2-8,15,21H,9-14,16-17H2,1H3. The third-order valence-corrected chi connectivity index (χ3v) is 6.52. The molecule has 0 atom stereocenters. The lowest BCUT2D eigenvalue weighted by Crippen LogP contribution is -2.38. The van der Waals surface area contributed by atoms with E-state index in [1.807, 2.05) is 22.9 Å². The summed E-state index contributed by atoms with van der Waals surface area (Å²) in [6.07, 6.45) is 2.30. The van der Waals surface area contributed by atoms with Gasteiger partial charge in [-0.2, -0.15) is 0 Å². The summed E-state index contributed by atoms with van der Waals surface area (Å²) in [5, 5.41) is 4.99. The van der Waals surface area contributed by atoms with Gasteiger partial charge in [0, 0.05) is 25.7 Å². The number of hydrogen-bond donors (Lipinski definition) is 0. The van der Waals surface area contributed by atoms with Gasteiger partial charge in [0.1, 0.15) is 5.82 Å². The number of hydrogen-bond acceptors (Lipinski definition) is 5. The van der Waals surface area contributed by atoms with E-state index in [9.17, 15) is 4.39 Å². The van der Waals surface area contributed by atoms with Crippen molar-refractivity contribution in [1.29, 1.82) is 0 Å². The molecule has 2 aromatic carbocycles. The maximum atomic E-state index is 13.7. The Morgan fingerprint density at radius 2 is 1.91 bits per heavy atom. The summed E-state index contributed by atoms with van der Waals surface area (Å²) in [5.74, 6) is 0.655. The van der Waals surface area contributed by atoms with Gasteiger partial charge in [-0.05, 0) is 61.3 Å². The maximum absolute atomic E-state index is 13.7. The Labute approximate surface area is 192 Å². The van der Waals surface area contributed by atoms with Crippen molar-refractivity contribution in [3.8, 4) is 5.69 Å². The van der Waals surface area contributed by atoms with Crippen LogP contribution >= 0.6 is 12.2 Å². The molecule has 1 saturated heterocycles. The molecule has 1 aliphatic carbocycles. The predicted octanol–water partition coefficient (Wildman–Crippen LogP) is 4.31. The average Bonchev–Trinajstić information content (AvgIpc) is 3.60. The van der Waals surface area contributed by atoms with Gasteiger partial charge in [-0.1, -0.05) is 30.3 Å². The largest absolute Gasteiger partial charge is 0.378 e. The number of aryl methyl sites for hydroxylation is 1. The van der Waals surface area contributed by atoms with Crippen molar-refractivity contribution in [1.82, 2.24) is 19.2 Å². The highest BCUT2D eigenvalue weighted by atomic mass is 32.1. The molecule has 32 heavy (non-hydrogen) atoms. The average molecular weight is 454 g/mol. The highest BCUT2D eigenvalue weighted by molar-refractivity contribution is 7.71. The van der Waals surface area contributed by atoms with Crippen molar-refractivity contribution < 1.29 is 9.13 Å². The Kier molecular flexibility index (Phi) is 6.08. The summed E-state index contributed by atoms with van der Waals surface area (Å²) in [7, 11) is 0. The molecule has 2 aliphatic rings. The van der Waals surface area contributed by atoms with Crippen LogP contribution in [0.1, 0.15) is 24.0 Å². The van der Waals surface area contributed by atoms with E-state index in [1.54, 1.807) is 12.1 Å².